The highest BCUT2D eigenvalue weighted by Crippen LogP contribution is 2.29. The van der Waals surface area contributed by atoms with Gasteiger partial charge in [-0.25, -0.2) is 4.79 Å². The SMILES string of the molecule is Cc1cc(C(=O)O)c(NC(=O)c2cccc(C)c2Br)s1. The van der Waals surface area contributed by atoms with Crippen LogP contribution >= 0.6 is 27.3 Å². The predicted molar refractivity (Wildman–Crippen MR) is 82.8 cm³/mol. The lowest BCUT2D eigenvalue weighted by atomic mass is 10.1. The average molecular weight is 354 g/mol. The number of thiophene rings is 1. The van der Waals surface area contributed by atoms with Crippen molar-refractivity contribution in [3.8, 4) is 0 Å². The van der Waals surface area contributed by atoms with E-state index in [4.69, 9.17) is 5.11 Å². The summed E-state index contributed by atoms with van der Waals surface area (Å²) in [4.78, 5) is 24.2. The van der Waals surface area contributed by atoms with Crippen LogP contribution in [-0.2, 0) is 0 Å². The Labute approximate surface area is 128 Å². The zero-order valence-corrected chi connectivity index (χ0v) is 13.3. The van der Waals surface area contributed by atoms with Crippen molar-refractivity contribution in [2.75, 3.05) is 5.32 Å². The van der Waals surface area contributed by atoms with Gasteiger partial charge in [0.15, 0.2) is 0 Å². The van der Waals surface area contributed by atoms with E-state index >= 15 is 0 Å². The molecule has 0 aliphatic carbocycles. The Morgan fingerprint density at radius 2 is 1.95 bits per heavy atom. The van der Waals surface area contributed by atoms with Crippen LogP contribution in [-0.4, -0.2) is 17.0 Å². The van der Waals surface area contributed by atoms with Crippen LogP contribution in [0.2, 0.25) is 0 Å². The van der Waals surface area contributed by atoms with E-state index in [0.29, 0.717) is 15.0 Å². The summed E-state index contributed by atoms with van der Waals surface area (Å²) < 4.78 is 0.711. The minimum Gasteiger partial charge on any atom is -0.478 e. The predicted octanol–water partition coefficient (Wildman–Crippen LogP) is 4.08. The molecule has 0 aliphatic rings. The van der Waals surface area contributed by atoms with E-state index in [1.54, 1.807) is 25.1 Å². The summed E-state index contributed by atoms with van der Waals surface area (Å²) in [5, 5.41) is 12.1. The van der Waals surface area contributed by atoms with Gasteiger partial charge in [-0.3, -0.25) is 4.79 Å². The molecule has 0 aliphatic heterocycles. The van der Waals surface area contributed by atoms with Crippen molar-refractivity contribution in [2.24, 2.45) is 0 Å². The van der Waals surface area contributed by atoms with Gasteiger partial charge >= 0.3 is 5.97 Å². The molecule has 0 atom stereocenters. The van der Waals surface area contributed by atoms with Crippen molar-refractivity contribution in [3.63, 3.8) is 0 Å². The minimum atomic E-state index is -1.05. The highest BCUT2D eigenvalue weighted by Gasteiger charge is 2.18. The van der Waals surface area contributed by atoms with Gasteiger partial charge in [0.1, 0.15) is 5.00 Å². The van der Waals surface area contributed by atoms with Crippen LogP contribution in [0.1, 0.15) is 31.2 Å². The standard InChI is InChI=1S/C14H12BrNO3S/c1-7-4-3-5-9(11(7)15)12(17)16-13-10(14(18)19)6-8(2)20-13/h3-6H,1-2H3,(H,16,17)(H,18,19). The maximum Gasteiger partial charge on any atom is 0.338 e. The number of aryl methyl sites for hydroxylation is 2. The smallest absolute Gasteiger partial charge is 0.338 e. The number of nitrogens with one attached hydrogen (secondary N) is 1. The monoisotopic (exact) mass is 353 g/mol. The van der Waals surface area contributed by atoms with Crippen LogP contribution < -0.4 is 5.32 Å². The summed E-state index contributed by atoms with van der Waals surface area (Å²) in [7, 11) is 0. The van der Waals surface area contributed by atoms with Crippen molar-refractivity contribution >= 4 is 44.1 Å². The van der Waals surface area contributed by atoms with E-state index in [2.05, 4.69) is 21.2 Å². The number of carbonyl (C=O) groups is 2. The Morgan fingerprint density at radius 1 is 1.25 bits per heavy atom. The van der Waals surface area contributed by atoms with Gasteiger partial charge in [0.25, 0.3) is 5.91 Å². The highest BCUT2D eigenvalue weighted by atomic mass is 79.9. The number of benzene rings is 1. The molecule has 2 aromatic rings. The molecule has 2 rings (SSSR count). The molecule has 0 saturated carbocycles. The molecule has 2 N–H and O–H groups in total. The molecule has 6 heteroatoms. The van der Waals surface area contributed by atoms with E-state index in [1.807, 2.05) is 13.0 Å². The summed E-state index contributed by atoms with van der Waals surface area (Å²) in [5.41, 5.74) is 1.54. The number of amides is 1. The molecule has 4 nitrogen and oxygen atoms in total. The molecule has 0 fully saturated rings. The Morgan fingerprint density at radius 3 is 2.60 bits per heavy atom. The highest BCUT2D eigenvalue weighted by molar-refractivity contribution is 9.10. The van der Waals surface area contributed by atoms with Crippen LogP contribution in [0.3, 0.4) is 0 Å². The number of carbonyl (C=O) groups excluding carboxylic acids is 1. The summed E-state index contributed by atoms with van der Waals surface area (Å²) >= 11 is 4.62. The Balaban J connectivity index is 2.33. The van der Waals surface area contributed by atoms with Crippen molar-refractivity contribution < 1.29 is 14.7 Å². The Kier molecular flexibility index (Phi) is 4.25. The molecule has 104 valence electrons. The average Bonchev–Trinajstić information content (AvgIpc) is 2.73. The number of aromatic carboxylic acids is 1. The van der Waals surface area contributed by atoms with Crippen LogP contribution in [0.25, 0.3) is 0 Å². The van der Waals surface area contributed by atoms with Crippen molar-refractivity contribution in [3.05, 3.63) is 50.3 Å². The van der Waals surface area contributed by atoms with Gasteiger partial charge in [0, 0.05) is 9.35 Å². The quantitative estimate of drug-likeness (QED) is 0.873. The lowest BCUT2D eigenvalue weighted by molar-refractivity contribution is 0.0698. The van der Waals surface area contributed by atoms with E-state index < -0.39 is 5.97 Å². The number of rotatable bonds is 3. The summed E-state index contributed by atoms with van der Waals surface area (Å²) in [6.45, 7) is 3.69. The number of carboxylic acids is 1. The summed E-state index contributed by atoms with van der Waals surface area (Å²) in [6, 6.07) is 6.91. The molecular weight excluding hydrogens is 342 g/mol. The van der Waals surface area contributed by atoms with Gasteiger partial charge in [-0.05, 0) is 47.5 Å². The molecule has 1 heterocycles. The van der Waals surface area contributed by atoms with E-state index in [-0.39, 0.29) is 11.5 Å². The number of halogens is 1. The van der Waals surface area contributed by atoms with E-state index in [1.165, 1.54) is 11.3 Å². The van der Waals surface area contributed by atoms with E-state index in [9.17, 15) is 9.59 Å². The molecule has 0 spiro atoms. The fourth-order valence-corrected chi connectivity index (χ4v) is 3.10. The second-order valence-corrected chi connectivity index (χ2v) is 6.34. The normalized spacial score (nSPS) is 10.3. The summed E-state index contributed by atoms with van der Waals surface area (Å²) in [5.74, 6) is -1.38. The second-order valence-electron chi connectivity index (χ2n) is 4.30. The van der Waals surface area contributed by atoms with E-state index in [0.717, 1.165) is 10.4 Å². The molecule has 1 amide bonds. The first-order chi connectivity index (χ1) is 9.40. The largest absolute Gasteiger partial charge is 0.478 e. The number of anilines is 1. The number of hydrogen-bond donors (Lipinski definition) is 2. The first-order valence-corrected chi connectivity index (χ1v) is 7.41. The Bertz CT molecular complexity index is 694. The van der Waals surface area contributed by atoms with Crippen molar-refractivity contribution in [1.29, 1.82) is 0 Å². The van der Waals surface area contributed by atoms with Gasteiger partial charge in [-0.1, -0.05) is 12.1 Å². The maximum atomic E-state index is 12.2. The van der Waals surface area contributed by atoms with Crippen molar-refractivity contribution in [2.45, 2.75) is 13.8 Å². The third kappa shape index (κ3) is 2.91. The molecule has 1 aromatic carbocycles. The summed E-state index contributed by atoms with van der Waals surface area (Å²) in [6.07, 6.45) is 0. The van der Waals surface area contributed by atoms with Gasteiger partial charge in [-0.15, -0.1) is 11.3 Å². The zero-order valence-electron chi connectivity index (χ0n) is 10.9. The maximum absolute atomic E-state index is 12.2. The molecule has 0 radical (unpaired) electrons. The van der Waals surface area contributed by atoms with Crippen LogP contribution in [0, 0.1) is 13.8 Å². The lowest BCUT2D eigenvalue weighted by Crippen LogP contribution is -2.14. The van der Waals surface area contributed by atoms with Gasteiger partial charge < -0.3 is 10.4 Å². The Hall–Kier alpha value is -1.66. The third-order valence-corrected chi connectivity index (χ3v) is 4.77. The molecule has 0 saturated heterocycles. The molecule has 0 unspecified atom stereocenters. The zero-order chi connectivity index (χ0) is 14.9. The van der Waals surface area contributed by atoms with Gasteiger partial charge in [-0.2, -0.15) is 0 Å². The second kappa shape index (κ2) is 5.76. The van der Waals surface area contributed by atoms with Gasteiger partial charge in [0.2, 0.25) is 0 Å². The lowest BCUT2D eigenvalue weighted by Gasteiger charge is -2.07. The first kappa shape index (κ1) is 14.7. The fraction of sp³-hybridized carbons (Fsp3) is 0.143. The van der Waals surface area contributed by atoms with Crippen LogP contribution in [0.4, 0.5) is 5.00 Å². The first-order valence-electron chi connectivity index (χ1n) is 5.80. The topological polar surface area (TPSA) is 66.4 Å². The number of hydrogen-bond acceptors (Lipinski definition) is 3. The van der Waals surface area contributed by atoms with Crippen molar-refractivity contribution in [1.82, 2.24) is 0 Å². The molecule has 1 aromatic heterocycles. The van der Waals surface area contributed by atoms with Gasteiger partial charge in [0.05, 0.1) is 11.1 Å². The number of carboxylic acid groups (broad SMARTS) is 1. The molecular formula is C14H12BrNO3S. The molecule has 0 bridgehead atoms. The minimum absolute atomic E-state index is 0.115. The van der Waals surface area contributed by atoms with Crippen LogP contribution in [0.5, 0.6) is 0 Å². The molecule has 20 heavy (non-hydrogen) atoms. The third-order valence-electron chi connectivity index (χ3n) is 2.75. The van der Waals surface area contributed by atoms with Crippen LogP contribution in [0.15, 0.2) is 28.7 Å². The fourth-order valence-electron chi connectivity index (χ4n) is 1.76.